The molecule has 4 heteroatoms. The largest absolute Gasteiger partial charge is 0.396 e. The van der Waals surface area contributed by atoms with Crippen LogP contribution in [-0.2, 0) is 0 Å². The van der Waals surface area contributed by atoms with Crippen LogP contribution in [0.15, 0.2) is 23.1 Å². The molecule has 2 nitrogen and oxygen atoms in total. The Morgan fingerprint density at radius 3 is 2.80 bits per heavy atom. The fourth-order valence-electron chi connectivity index (χ4n) is 1.11. The summed E-state index contributed by atoms with van der Waals surface area (Å²) in [5.41, 5.74) is 5.59. The fraction of sp³-hybridized carbons (Fsp3) is 0.455. The van der Waals surface area contributed by atoms with E-state index < -0.39 is 0 Å². The van der Waals surface area contributed by atoms with Gasteiger partial charge in [-0.15, -0.1) is 11.8 Å². The highest BCUT2D eigenvalue weighted by Gasteiger charge is 2.00. The van der Waals surface area contributed by atoms with Crippen LogP contribution in [0.25, 0.3) is 0 Å². The molecule has 0 aliphatic rings. The highest BCUT2D eigenvalue weighted by molar-refractivity contribution is 7.99. The van der Waals surface area contributed by atoms with Gasteiger partial charge in [-0.3, -0.25) is 0 Å². The molecule has 84 valence electrons. The molecule has 0 radical (unpaired) electrons. The Labute approximate surface area is 94.4 Å². The van der Waals surface area contributed by atoms with Crippen LogP contribution in [0, 0.1) is 5.82 Å². The molecule has 3 N–H and O–H groups in total. The van der Waals surface area contributed by atoms with E-state index in [-0.39, 0.29) is 11.5 Å². The van der Waals surface area contributed by atoms with E-state index in [1.807, 2.05) is 6.07 Å². The summed E-state index contributed by atoms with van der Waals surface area (Å²) in [5.74, 6) is 0.596. The minimum Gasteiger partial charge on any atom is -0.396 e. The summed E-state index contributed by atoms with van der Waals surface area (Å²) in [7, 11) is 0. The first-order valence-corrected chi connectivity index (χ1v) is 5.99. The van der Waals surface area contributed by atoms with E-state index in [9.17, 15) is 4.39 Å². The van der Waals surface area contributed by atoms with Crippen LogP contribution in [0.3, 0.4) is 0 Å². The van der Waals surface area contributed by atoms with Crippen LogP contribution in [0.2, 0.25) is 0 Å². The lowest BCUT2D eigenvalue weighted by atomic mass is 10.3. The Hall–Kier alpha value is -0.740. The molecule has 0 fully saturated rings. The quantitative estimate of drug-likeness (QED) is 0.462. The zero-order chi connectivity index (χ0) is 11.3. The highest BCUT2D eigenvalue weighted by Crippen LogP contribution is 2.21. The van der Waals surface area contributed by atoms with Crippen LogP contribution in [0.1, 0.15) is 13.8 Å². The van der Waals surface area contributed by atoms with Gasteiger partial charge in [-0.25, -0.2) is 4.39 Å². The van der Waals surface area contributed by atoms with E-state index >= 15 is 0 Å². The number of benzene rings is 1. The van der Waals surface area contributed by atoms with Crippen molar-refractivity contribution in [2.45, 2.75) is 24.8 Å². The topological polar surface area (TPSA) is 38.0 Å². The number of hydrogen-bond donors (Lipinski definition) is 2. The number of halogens is 1. The van der Waals surface area contributed by atoms with Gasteiger partial charge in [-0.05, 0) is 18.2 Å². The molecule has 0 heterocycles. The van der Waals surface area contributed by atoms with Crippen molar-refractivity contribution in [3.05, 3.63) is 24.0 Å². The van der Waals surface area contributed by atoms with E-state index in [1.54, 1.807) is 17.8 Å². The van der Waals surface area contributed by atoms with Crippen molar-refractivity contribution in [2.24, 2.45) is 0 Å². The van der Waals surface area contributed by atoms with Crippen molar-refractivity contribution in [2.75, 3.05) is 18.0 Å². The van der Waals surface area contributed by atoms with Crippen LogP contribution in [0.4, 0.5) is 10.1 Å². The third kappa shape index (κ3) is 4.53. The summed E-state index contributed by atoms with van der Waals surface area (Å²) in [6.07, 6.45) is 0. The van der Waals surface area contributed by atoms with Gasteiger partial charge in [-0.1, -0.05) is 13.8 Å². The highest BCUT2D eigenvalue weighted by atomic mass is 32.2. The minimum atomic E-state index is -0.336. The number of thioether (sulfide) groups is 1. The summed E-state index contributed by atoms with van der Waals surface area (Å²) in [6, 6.07) is 5.43. The molecule has 1 rings (SSSR count). The molecule has 0 amide bonds. The van der Waals surface area contributed by atoms with Crippen molar-refractivity contribution in [3.63, 3.8) is 0 Å². The van der Waals surface area contributed by atoms with Crippen LogP contribution in [-0.4, -0.2) is 18.3 Å². The molecular formula is C11H17FN2S. The minimum absolute atomic E-state index is 0.208. The SMILES string of the molecule is CC(C)NCCSc1ccc(N)c(F)c1. The Morgan fingerprint density at radius 1 is 1.47 bits per heavy atom. The molecule has 0 saturated carbocycles. The Balaban J connectivity index is 2.35. The molecule has 0 aromatic heterocycles. The number of anilines is 1. The van der Waals surface area contributed by atoms with E-state index in [2.05, 4.69) is 19.2 Å². The Morgan fingerprint density at radius 2 is 2.20 bits per heavy atom. The van der Waals surface area contributed by atoms with Gasteiger partial charge in [0.1, 0.15) is 5.82 Å². The first-order valence-electron chi connectivity index (χ1n) is 5.01. The lowest BCUT2D eigenvalue weighted by Crippen LogP contribution is -2.24. The normalized spacial score (nSPS) is 10.9. The van der Waals surface area contributed by atoms with Crippen molar-refractivity contribution in [3.8, 4) is 0 Å². The Kier molecular flexibility index (Phi) is 4.91. The van der Waals surface area contributed by atoms with Gasteiger partial charge < -0.3 is 11.1 Å². The first-order chi connectivity index (χ1) is 7.09. The smallest absolute Gasteiger partial charge is 0.147 e. The molecule has 0 aliphatic carbocycles. The lowest BCUT2D eigenvalue weighted by Gasteiger charge is -2.07. The standard InChI is InChI=1S/C11H17FN2S/c1-8(2)14-5-6-15-9-3-4-11(13)10(12)7-9/h3-4,7-8,14H,5-6,13H2,1-2H3. The number of nitrogen functional groups attached to an aromatic ring is 1. The number of rotatable bonds is 5. The molecular weight excluding hydrogens is 211 g/mol. The predicted molar refractivity (Wildman–Crippen MR) is 64.7 cm³/mol. The molecule has 1 aromatic rings. The zero-order valence-corrected chi connectivity index (χ0v) is 9.90. The number of hydrogen-bond acceptors (Lipinski definition) is 3. The van der Waals surface area contributed by atoms with E-state index in [4.69, 9.17) is 5.73 Å². The predicted octanol–water partition coefficient (Wildman–Crippen LogP) is 2.50. The van der Waals surface area contributed by atoms with Gasteiger partial charge in [0, 0.05) is 23.2 Å². The van der Waals surface area contributed by atoms with Gasteiger partial charge in [0.05, 0.1) is 5.69 Å². The van der Waals surface area contributed by atoms with Crippen LogP contribution < -0.4 is 11.1 Å². The van der Waals surface area contributed by atoms with Gasteiger partial charge in [0.15, 0.2) is 0 Å². The summed E-state index contributed by atoms with van der Waals surface area (Å²) in [5, 5.41) is 3.30. The third-order valence-electron chi connectivity index (χ3n) is 1.90. The molecule has 0 spiro atoms. The fourth-order valence-corrected chi connectivity index (χ4v) is 1.92. The van der Waals surface area contributed by atoms with Crippen molar-refractivity contribution >= 4 is 17.4 Å². The summed E-state index contributed by atoms with van der Waals surface area (Å²) in [4.78, 5) is 0.923. The average molecular weight is 228 g/mol. The molecule has 0 unspecified atom stereocenters. The summed E-state index contributed by atoms with van der Waals surface area (Å²) >= 11 is 1.63. The van der Waals surface area contributed by atoms with Crippen molar-refractivity contribution in [1.29, 1.82) is 0 Å². The molecule has 0 bridgehead atoms. The summed E-state index contributed by atoms with van der Waals surface area (Å²) < 4.78 is 13.1. The van der Waals surface area contributed by atoms with Gasteiger partial charge in [0.2, 0.25) is 0 Å². The van der Waals surface area contributed by atoms with E-state index in [0.717, 1.165) is 17.2 Å². The number of nitrogens with two attached hydrogens (primary N) is 1. The second-order valence-electron chi connectivity index (χ2n) is 3.64. The van der Waals surface area contributed by atoms with Crippen molar-refractivity contribution < 1.29 is 4.39 Å². The second-order valence-corrected chi connectivity index (χ2v) is 4.81. The maximum Gasteiger partial charge on any atom is 0.147 e. The number of nitrogens with one attached hydrogen (secondary N) is 1. The van der Waals surface area contributed by atoms with Gasteiger partial charge >= 0.3 is 0 Å². The maximum atomic E-state index is 13.1. The molecule has 0 saturated heterocycles. The Bertz CT molecular complexity index is 315. The average Bonchev–Trinajstić information content (AvgIpc) is 2.18. The van der Waals surface area contributed by atoms with Gasteiger partial charge in [-0.2, -0.15) is 0 Å². The van der Waals surface area contributed by atoms with Gasteiger partial charge in [0.25, 0.3) is 0 Å². The van der Waals surface area contributed by atoms with Crippen LogP contribution >= 0.6 is 11.8 Å². The molecule has 1 aromatic carbocycles. The second kappa shape index (κ2) is 5.98. The van der Waals surface area contributed by atoms with Crippen LogP contribution in [0.5, 0.6) is 0 Å². The zero-order valence-electron chi connectivity index (χ0n) is 9.09. The maximum absolute atomic E-state index is 13.1. The van der Waals surface area contributed by atoms with E-state index in [0.29, 0.717) is 6.04 Å². The third-order valence-corrected chi connectivity index (χ3v) is 2.89. The van der Waals surface area contributed by atoms with E-state index in [1.165, 1.54) is 6.07 Å². The molecule has 0 aliphatic heterocycles. The first kappa shape index (κ1) is 12.3. The summed E-state index contributed by atoms with van der Waals surface area (Å²) in [6.45, 7) is 5.13. The monoisotopic (exact) mass is 228 g/mol. The molecule has 0 atom stereocenters. The van der Waals surface area contributed by atoms with Crippen molar-refractivity contribution in [1.82, 2.24) is 5.32 Å². The molecule has 15 heavy (non-hydrogen) atoms. The lowest BCUT2D eigenvalue weighted by molar-refractivity contribution is 0.615.